The third kappa shape index (κ3) is 4.21. The topological polar surface area (TPSA) is 86.7 Å². The van der Waals surface area contributed by atoms with Crippen molar-refractivity contribution in [1.82, 2.24) is 10.2 Å². The van der Waals surface area contributed by atoms with E-state index >= 15 is 0 Å². The minimum atomic E-state index is -0.801. The zero-order chi connectivity index (χ0) is 15.5. The second kappa shape index (κ2) is 6.24. The highest BCUT2D eigenvalue weighted by molar-refractivity contribution is 5.87. The van der Waals surface area contributed by atoms with Crippen LogP contribution in [-0.2, 0) is 14.4 Å². The molecule has 6 heteroatoms. The normalized spacial score (nSPS) is 23.3. The first kappa shape index (κ1) is 16.5. The summed E-state index contributed by atoms with van der Waals surface area (Å²) < 4.78 is 0. The predicted octanol–water partition coefficient (Wildman–Crippen LogP) is 0.860. The first-order valence-corrected chi connectivity index (χ1v) is 6.93. The van der Waals surface area contributed by atoms with Gasteiger partial charge in [-0.2, -0.15) is 0 Å². The molecule has 114 valence electrons. The second-order valence-electron chi connectivity index (χ2n) is 6.43. The SMILES string of the molecule is CC1CC(C(=O)O)CCN1C(=O)CNC(=O)C(C)(C)C. The molecular formula is C14H24N2O4. The van der Waals surface area contributed by atoms with Crippen LogP contribution in [0, 0.1) is 11.3 Å². The van der Waals surface area contributed by atoms with E-state index in [2.05, 4.69) is 5.32 Å². The van der Waals surface area contributed by atoms with Gasteiger partial charge in [-0.3, -0.25) is 14.4 Å². The Morgan fingerprint density at radius 3 is 2.35 bits per heavy atom. The first-order chi connectivity index (χ1) is 9.12. The maximum Gasteiger partial charge on any atom is 0.306 e. The lowest BCUT2D eigenvalue weighted by Gasteiger charge is -2.36. The highest BCUT2D eigenvalue weighted by Crippen LogP contribution is 2.23. The van der Waals surface area contributed by atoms with E-state index in [0.29, 0.717) is 19.4 Å². The largest absolute Gasteiger partial charge is 0.481 e. The second-order valence-corrected chi connectivity index (χ2v) is 6.43. The molecule has 0 aromatic rings. The van der Waals surface area contributed by atoms with Gasteiger partial charge in [0.1, 0.15) is 0 Å². The van der Waals surface area contributed by atoms with Crippen molar-refractivity contribution in [2.24, 2.45) is 11.3 Å². The van der Waals surface area contributed by atoms with Gasteiger partial charge in [-0.05, 0) is 19.8 Å². The number of carboxylic acid groups (broad SMARTS) is 1. The Morgan fingerprint density at radius 2 is 1.90 bits per heavy atom. The van der Waals surface area contributed by atoms with Crippen LogP contribution in [0.15, 0.2) is 0 Å². The number of amides is 2. The number of hydrogen-bond acceptors (Lipinski definition) is 3. The summed E-state index contributed by atoms with van der Waals surface area (Å²) in [5.41, 5.74) is -0.526. The molecule has 0 aliphatic carbocycles. The highest BCUT2D eigenvalue weighted by Gasteiger charge is 2.32. The molecule has 6 nitrogen and oxygen atoms in total. The predicted molar refractivity (Wildman–Crippen MR) is 74.0 cm³/mol. The standard InChI is InChI=1S/C14H24N2O4/c1-9-7-10(12(18)19)5-6-16(9)11(17)8-15-13(20)14(2,3)4/h9-10H,5-8H2,1-4H3,(H,15,20)(H,18,19). The third-order valence-corrected chi connectivity index (χ3v) is 3.63. The van der Waals surface area contributed by atoms with Gasteiger partial charge in [0, 0.05) is 18.0 Å². The molecule has 2 N–H and O–H groups in total. The van der Waals surface area contributed by atoms with Crippen LogP contribution in [0.1, 0.15) is 40.5 Å². The minimum absolute atomic E-state index is 0.0296. The number of piperidine rings is 1. The van der Waals surface area contributed by atoms with Gasteiger partial charge in [0.15, 0.2) is 0 Å². The fourth-order valence-electron chi connectivity index (χ4n) is 2.29. The Kier molecular flexibility index (Phi) is 5.14. The number of nitrogens with one attached hydrogen (secondary N) is 1. The van der Waals surface area contributed by atoms with Crippen LogP contribution in [0.5, 0.6) is 0 Å². The third-order valence-electron chi connectivity index (χ3n) is 3.63. The van der Waals surface area contributed by atoms with E-state index < -0.39 is 11.4 Å². The summed E-state index contributed by atoms with van der Waals surface area (Å²) in [5, 5.41) is 11.6. The lowest BCUT2D eigenvalue weighted by atomic mass is 9.91. The van der Waals surface area contributed by atoms with E-state index in [1.165, 1.54) is 0 Å². The number of carboxylic acids is 1. The number of hydrogen-bond donors (Lipinski definition) is 2. The maximum absolute atomic E-state index is 12.1. The Hall–Kier alpha value is -1.59. The van der Waals surface area contributed by atoms with Gasteiger partial charge < -0.3 is 15.3 Å². The molecule has 2 atom stereocenters. The van der Waals surface area contributed by atoms with Crippen LogP contribution in [-0.4, -0.2) is 46.9 Å². The molecule has 1 saturated heterocycles. The molecular weight excluding hydrogens is 260 g/mol. The van der Waals surface area contributed by atoms with Gasteiger partial charge >= 0.3 is 5.97 Å². The quantitative estimate of drug-likeness (QED) is 0.804. The van der Waals surface area contributed by atoms with Crippen LogP contribution in [0.3, 0.4) is 0 Å². The Labute approximate surface area is 119 Å². The molecule has 0 aromatic carbocycles. The van der Waals surface area contributed by atoms with Crippen LogP contribution in [0.25, 0.3) is 0 Å². The molecule has 1 aliphatic heterocycles. The zero-order valence-corrected chi connectivity index (χ0v) is 12.6. The van der Waals surface area contributed by atoms with Crippen molar-refractivity contribution >= 4 is 17.8 Å². The number of likely N-dealkylation sites (tertiary alicyclic amines) is 1. The van der Waals surface area contributed by atoms with Crippen molar-refractivity contribution in [3.05, 3.63) is 0 Å². The fraction of sp³-hybridized carbons (Fsp3) is 0.786. The summed E-state index contributed by atoms with van der Waals surface area (Å²) >= 11 is 0. The lowest BCUT2D eigenvalue weighted by Crippen LogP contribution is -2.50. The van der Waals surface area contributed by atoms with Gasteiger partial charge in [0.2, 0.25) is 11.8 Å². The van der Waals surface area contributed by atoms with Gasteiger partial charge in [0.25, 0.3) is 0 Å². The average molecular weight is 284 g/mol. The Bertz CT molecular complexity index is 400. The van der Waals surface area contributed by atoms with Crippen molar-refractivity contribution in [2.75, 3.05) is 13.1 Å². The summed E-state index contributed by atoms with van der Waals surface area (Å²) in [6.07, 6.45) is 0.937. The van der Waals surface area contributed by atoms with Gasteiger partial charge in [-0.1, -0.05) is 20.8 Å². The molecule has 0 saturated carbocycles. The summed E-state index contributed by atoms with van der Waals surface area (Å²) in [7, 11) is 0. The molecule has 0 bridgehead atoms. The lowest BCUT2D eigenvalue weighted by molar-refractivity contribution is -0.147. The van der Waals surface area contributed by atoms with Crippen LogP contribution in [0.4, 0.5) is 0 Å². The zero-order valence-electron chi connectivity index (χ0n) is 12.6. The molecule has 2 unspecified atom stereocenters. The number of nitrogens with zero attached hydrogens (tertiary/aromatic N) is 1. The smallest absolute Gasteiger partial charge is 0.306 e. The number of aliphatic carboxylic acids is 1. The van der Waals surface area contributed by atoms with E-state index in [9.17, 15) is 14.4 Å². The molecule has 0 radical (unpaired) electrons. The molecule has 0 spiro atoms. The first-order valence-electron chi connectivity index (χ1n) is 6.93. The van der Waals surface area contributed by atoms with E-state index in [-0.39, 0.29) is 30.3 Å². The molecule has 0 aromatic heterocycles. The minimum Gasteiger partial charge on any atom is -0.481 e. The molecule has 1 rings (SSSR count). The maximum atomic E-state index is 12.1. The highest BCUT2D eigenvalue weighted by atomic mass is 16.4. The Morgan fingerprint density at radius 1 is 1.30 bits per heavy atom. The van der Waals surface area contributed by atoms with Crippen LogP contribution in [0.2, 0.25) is 0 Å². The van der Waals surface area contributed by atoms with E-state index in [1.54, 1.807) is 25.7 Å². The average Bonchev–Trinajstić information content (AvgIpc) is 2.33. The van der Waals surface area contributed by atoms with Crippen molar-refractivity contribution in [3.8, 4) is 0 Å². The van der Waals surface area contributed by atoms with E-state index in [4.69, 9.17) is 5.11 Å². The fourth-order valence-corrected chi connectivity index (χ4v) is 2.29. The van der Waals surface area contributed by atoms with Crippen molar-refractivity contribution in [1.29, 1.82) is 0 Å². The molecule has 20 heavy (non-hydrogen) atoms. The van der Waals surface area contributed by atoms with E-state index in [1.807, 2.05) is 6.92 Å². The molecule has 1 aliphatic rings. The molecule has 1 heterocycles. The summed E-state index contributed by atoms with van der Waals surface area (Å²) in [6.45, 7) is 7.61. The number of rotatable bonds is 3. The monoisotopic (exact) mass is 284 g/mol. The van der Waals surface area contributed by atoms with Crippen molar-refractivity contribution in [3.63, 3.8) is 0 Å². The van der Waals surface area contributed by atoms with Crippen LogP contribution >= 0.6 is 0 Å². The summed E-state index contributed by atoms with van der Waals surface area (Å²) in [4.78, 5) is 36.4. The molecule has 2 amide bonds. The van der Waals surface area contributed by atoms with Crippen molar-refractivity contribution in [2.45, 2.75) is 46.6 Å². The molecule has 1 fully saturated rings. The Balaban J connectivity index is 2.49. The van der Waals surface area contributed by atoms with Crippen LogP contribution < -0.4 is 5.32 Å². The van der Waals surface area contributed by atoms with Gasteiger partial charge in [0.05, 0.1) is 12.5 Å². The number of carbonyl (C=O) groups excluding carboxylic acids is 2. The van der Waals surface area contributed by atoms with E-state index in [0.717, 1.165) is 0 Å². The number of carbonyl (C=O) groups is 3. The van der Waals surface area contributed by atoms with Crippen molar-refractivity contribution < 1.29 is 19.5 Å². The summed E-state index contributed by atoms with van der Waals surface area (Å²) in [6, 6.07) is -0.108. The van der Waals surface area contributed by atoms with Gasteiger partial charge in [-0.15, -0.1) is 0 Å². The summed E-state index contributed by atoms with van der Waals surface area (Å²) in [5.74, 6) is -1.50. The van der Waals surface area contributed by atoms with Gasteiger partial charge in [-0.25, -0.2) is 0 Å².